The second-order valence-electron chi connectivity index (χ2n) is 5.23. The van der Waals surface area contributed by atoms with Crippen molar-refractivity contribution in [3.63, 3.8) is 0 Å². The van der Waals surface area contributed by atoms with Crippen LogP contribution in [-0.4, -0.2) is 11.5 Å². The molecule has 1 heterocycles. The van der Waals surface area contributed by atoms with Crippen molar-refractivity contribution in [1.82, 2.24) is 10.3 Å². The summed E-state index contributed by atoms with van der Waals surface area (Å²) in [5.74, 6) is 0. The summed E-state index contributed by atoms with van der Waals surface area (Å²) in [6.45, 7) is 9.52. The Morgan fingerprint density at radius 2 is 2.05 bits per heavy atom. The van der Waals surface area contributed by atoms with Crippen LogP contribution < -0.4 is 5.32 Å². The van der Waals surface area contributed by atoms with Gasteiger partial charge >= 0.3 is 0 Å². The van der Waals surface area contributed by atoms with Gasteiger partial charge in [-0.15, -0.1) is 0 Å². The van der Waals surface area contributed by atoms with Gasteiger partial charge < -0.3 is 5.32 Å². The molecule has 0 amide bonds. The molecule has 2 heteroatoms. The Labute approximate surface area is 121 Å². The predicted octanol–water partition coefficient (Wildman–Crippen LogP) is 4.63. The molecule has 0 fully saturated rings. The third-order valence-electron chi connectivity index (χ3n) is 3.67. The van der Waals surface area contributed by atoms with Crippen LogP contribution in [0.5, 0.6) is 0 Å². The van der Waals surface area contributed by atoms with Crippen molar-refractivity contribution in [2.45, 2.75) is 39.2 Å². The fraction of sp³-hybridized carbons (Fsp3) is 0.389. The van der Waals surface area contributed by atoms with Crippen LogP contribution in [0.2, 0.25) is 0 Å². The van der Waals surface area contributed by atoms with Gasteiger partial charge in [0.2, 0.25) is 0 Å². The number of fused-ring (bicyclic) bond motifs is 1. The van der Waals surface area contributed by atoms with Gasteiger partial charge in [0.05, 0.1) is 11.7 Å². The lowest BCUT2D eigenvalue weighted by Gasteiger charge is -2.20. The van der Waals surface area contributed by atoms with Gasteiger partial charge in [0, 0.05) is 11.6 Å². The van der Waals surface area contributed by atoms with Crippen LogP contribution in [0.15, 0.2) is 48.7 Å². The summed E-state index contributed by atoms with van der Waals surface area (Å²) >= 11 is 0. The molecule has 1 unspecified atom stereocenters. The first kappa shape index (κ1) is 14.7. The van der Waals surface area contributed by atoms with Gasteiger partial charge in [0.1, 0.15) is 0 Å². The Bertz CT molecular complexity index is 569. The minimum absolute atomic E-state index is 0.258. The second-order valence-corrected chi connectivity index (χ2v) is 5.23. The summed E-state index contributed by atoms with van der Waals surface area (Å²) in [5, 5.41) is 6.12. The van der Waals surface area contributed by atoms with E-state index < -0.39 is 0 Å². The van der Waals surface area contributed by atoms with E-state index in [0.29, 0.717) is 0 Å². The summed E-state index contributed by atoms with van der Waals surface area (Å²) in [7, 11) is 0. The number of rotatable bonds is 7. The van der Waals surface area contributed by atoms with Crippen molar-refractivity contribution in [2.75, 3.05) is 6.54 Å². The summed E-state index contributed by atoms with van der Waals surface area (Å²) in [4.78, 5) is 4.64. The van der Waals surface area contributed by atoms with E-state index in [1.54, 1.807) is 0 Å². The predicted molar refractivity (Wildman–Crippen MR) is 86.8 cm³/mol. The Hall–Kier alpha value is -1.67. The van der Waals surface area contributed by atoms with Crippen LogP contribution in [0.3, 0.4) is 0 Å². The van der Waals surface area contributed by atoms with Gasteiger partial charge in [0.25, 0.3) is 0 Å². The zero-order valence-electron chi connectivity index (χ0n) is 12.5. The van der Waals surface area contributed by atoms with E-state index in [0.717, 1.165) is 31.5 Å². The van der Waals surface area contributed by atoms with E-state index in [9.17, 15) is 0 Å². The van der Waals surface area contributed by atoms with E-state index in [-0.39, 0.29) is 6.04 Å². The van der Waals surface area contributed by atoms with Crippen molar-refractivity contribution in [3.05, 3.63) is 54.4 Å². The van der Waals surface area contributed by atoms with Crippen molar-refractivity contribution < 1.29 is 0 Å². The number of aromatic nitrogens is 1. The van der Waals surface area contributed by atoms with Gasteiger partial charge in [0.15, 0.2) is 0 Å². The van der Waals surface area contributed by atoms with Gasteiger partial charge in [-0.3, -0.25) is 4.98 Å². The SMILES string of the molecule is C=C(CC)CC(NCCC)c1nccc2ccccc12. The standard InChI is InChI=1S/C18H24N2/c1-4-11-19-17(13-14(3)5-2)18-16-9-7-6-8-15(16)10-12-20-18/h6-10,12,17,19H,3-5,11,13H2,1-2H3. The zero-order valence-corrected chi connectivity index (χ0v) is 12.5. The highest BCUT2D eigenvalue weighted by Crippen LogP contribution is 2.26. The van der Waals surface area contributed by atoms with Gasteiger partial charge in [-0.1, -0.05) is 50.3 Å². The minimum atomic E-state index is 0.258. The third kappa shape index (κ3) is 3.45. The summed E-state index contributed by atoms with van der Waals surface area (Å²) in [6, 6.07) is 10.8. The largest absolute Gasteiger partial charge is 0.308 e. The van der Waals surface area contributed by atoms with Gasteiger partial charge in [-0.2, -0.15) is 0 Å². The number of pyridine rings is 1. The monoisotopic (exact) mass is 268 g/mol. The Morgan fingerprint density at radius 3 is 2.80 bits per heavy atom. The molecule has 106 valence electrons. The molecule has 2 nitrogen and oxygen atoms in total. The first-order valence-electron chi connectivity index (χ1n) is 7.50. The van der Waals surface area contributed by atoms with Crippen molar-refractivity contribution in [3.8, 4) is 0 Å². The maximum Gasteiger partial charge on any atom is 0.0654 e. The maximum atomic E-state index is 4.64. The molecule has 0 spiro atoms. The first-order valence-corrected chi connectivity index (χ1v) is 7.50. The lowest BCUT2D eigenvalue weighted by molar-refractivity contribution is 0.516. The molecule has 0 saturated carbocycles. The van der Waals surface area contributed by atoms with Crippen LogP contribution in [0, 0.1) is 0 Å². The molecule has 0 radical (unpaired) electrons. The fourth-order valence-corrected chi connectivity index (χ4v) is 2.44. The van der Waals surface area contributed by atoms with E-state index in [4.69, 9.17) is 0 Å². The molecule has 2 aromatic rings. The third-order valence-corrected chi connectivity index (χ3v) is 3.67. The van der Waals surface area contributed by atoms with Gasteiger partial charge in [-0.05, 0) is 37.3 Å². The van der Waals surface area contributed by atoms with Crippen molar-refractivity contribution in [1.29, 1.82) is 0 Å². The van der Waals surface area contributed by atoms with Crippen LogP contribution in [0.1, 0.15) is 44.8 Å². The molecule has 20 heavy (non-hydrogen) atoms. The van der Waals surface area contributed by atoms with Crippen molar-refractivity contribution >= 4 is 10.8 Å². The highest BCUT2D eigenvalue weighted by molar-refractivity contribution is 5.84. The molecule has 0 aliphatic rings. The topological polar surface area (TPSA) is 24.9 Å². The first-order chi connectivity index (χ1) is 9.76. The number of nitrogens with one attached hydrogen (secondary N) is 1. The van der Waals surface area contributed by atoms with Crippen molar-refractivity contribution in [2.24, 2.45) is 0 Å². The maximum absolute atomic E-state index is 4.64. The van der Waals surface area contributed by atoms with Crippen LogP contribution in [0.25, 0.3) is 10.8 Å². The molecule has 2 rings (SSSR count). The van der Waals surface area contributed by atoms with Crippen LogP contribution in [0.4, 0.5) is 0 Å². The average molecular weight is 268 g/mol. The molecule has 1 aromatic heterocycles. The smallest absolute Gasteiger partial charge is 0.0654 e. The molecule has 0 bridgehead atoms. The Balaban J connectivity index is 2.36. The van der Waals surface area contributed by atoms with E-state index in [1.165, 1.54) is 16.3 Å². The second kappa shape index (κ2) is 7.20. The molecule has 1 N–H and O–H groups in total. The fourth-order valence-electron chi connectivity index (χ4n) is 2.44. The van der Waals surface area contributed by atoms with Crippen LogP contribution in [-0.2, 0) is 0 Å². The number of benzene rings is 1. The Morgan fingerprint density at radius 1 is 1.25 bits per heavy atom. The number of nitrogens with zero attached hydrogens (tertiary/aromatic N) is 1. The van der Waals surface area contributed by atoms with Gasteiger partial charge in [-0.25, -0.2) is 0 Å². The molecule has 1 aromatic carbocycles. The quantitative estimate of drug-likeness (QED) is 0.740. The van der Waals surface area contributed by atoms with Crippen LogP contribution >= 0.6 is 0 Å². The lowest BCUT2D eigenvalue weighted by Crippen LogP contribution is -2.23. The number of hydrogen-bond donors (Lipinski definition) is 1. The Kier molecular flexibility index (Phi) is 5.31. The highest BCUT2D eigenvalue weighted by atomic mass is 14.9. The minimum Gasteiger partial charge on any atom is -0.308 e. The van der Waals surface area contributed by atoms with E-state index in [2.05, 4.69) is 61.1 Å². The van der Waals surface area contributed by atoms with E-state index in [1.807, 2.05) is 6.20 Å². The summed E-state index contributed by atoms with van der Waals surface area (Å²) < 4.78 is 0. The molecule has 0 saturated heterocycles. The molecular formula is C18H24N2. The molecule has 1 atom stereocenters. The normalized spacial score (nSPS) is 12.5. The highest BCUT2D eigenvalue weighted by Gasteiger charge is 2.15. The lowest BCUT2D eigenvalue weighted by atomic mass is 9.98. The molecule has 0 aliphatic carbocycles. The molecule has 0 aliphatic heterocycles. The molecular weight excluding hydrogens is 244 g/mol. The van der Waals surface area contributed by atoms with E-state index >= 15 is 0 Å². The summed E-state index contributed by atoms with van der Waals surface area (Å²) in [5.41, 5.74) is 2.42. The number of hydrogen-bond acceptors (Lipinski definition) is 2. The summed E-state index contributed by atoms with van der Waals surface area (Å²) in [6.07, 6.45) is 5.01. The zero-order chi connectivity index (χ0) is 14.4. The average Bonchev–Trinajstić information content (AvgIpc) is 2.50.